The predicted octanol–water partition coefficient (Wildman–Crippen LogP) is 1.40. The van der Waals surface area contributed by atoms with Gasteiger partial charge in [0.25, 0.3) is 0 Å². The average Bonchev–Trinajstić information content (AvgIpc) is 2.76. The molecule has 0 aromatic rings. The van der Waals surface area contributed by atoms with Crippen molar-refractivity contribution in [3.05, 3.63) is 0 Å². The molecule has 3 fully saturated rings. The third-order valence-corrected chi connectivity index (χ3v) is 6.72. The van der Waals surface area contributed by atoms with Crippen LogP contribution in [0.25, 0.3) is 0 Å². The van der Waals surface area contributed by atoms with Crippen LogP contribution in [0.4, 0.5) is 0 Å². The number of hydrogen-bond acceptors (Lipinski definition) is 5. The van der Waals surface area contributed by atoms with E-state index in [1.165, 1.54) is 38.6 Å². The van der Waals surface area contributed by atoms with Crippen molar-refractivity contribution in [3.63, 3.8) is 0 Å². The zero-order valence-corrected chi connectivity index (χ0v) is 18.8. The zero-order chi connectivity index (χ0) is 20.4. The van der Waals surface area contributed by atoms with Gasteiger partial charge >= 0.3 is 0 Å². The summed E-state index contributed by atoms with van der Waals surface area (Å²) in [6.45, 7) is 14.4. The molecule has 29 heavy (non-hydrogen) atoms. The molecule has 0 aromatic heterocycles. The molecule has 7 nitrogen and oxygen atoms in total. The second-order valence-corrected chi connectivity index (χ2v) is 9.27. The first-order chi connectivity index (χ1) is 14.2. The van der Waals surface area contributed by atoms with Gasteiger partial charge in [0.15, 0.2) is 5.96 Å². The first-order valence-electron chi connectivity index (χ1n) is 11.7. The maximum Gasteiger partial charge on any atom is 0.191 e. The highest BCUT2D eigenvalue weighted by molar-refractivity contribution is 5.79. The van der Waals surface area contributed by atoms with Crippen LogP contribution in [0.3, 0.4) is 0 Å². The lowest BCUT2D eigenvalue weighted by Crippen LogP contribution is -2.51. The van der Waals surface area contributed by atoms with Crippen molar-refractivity contribution in [2.24, 2.45) is 16.3 Å². The number of ether oxygens (including phenoxy) is 2. The van der Waals surface area contributed by atoms with Crippen LogP contribution in [0, 0.1) is 11.3 Å². The molecule has 0 radical (unpaired) electrons. The second-order valence-electron chi connectivity index (χ2n) is 9.27. The molecule has 2 aliphatic heterocycles. The molecule has 2 N–H and O–H groups in total. The van der Waals surface area contributed by atoms with E-state index >= 15 is 0 Å². The Hall–Kier alpha value is -0.890. The number of aliphatic imine (C=N–C) groups is 1. The van der Waals surface area contributed by atoms with E-state index in [9.17, 15) is 0 Å². The fourth-order valence-electron chi connectivity index (χ4n) is 4.98. The Morgan fingerprint density at radius 2 is 1.55 bits per heavy atom. The Kier molecular flexibility index (Phi) is 9.49. The molecular formula is C22H43N5O2. The molecule has 2 saturated heterocycles. The largest absolute Gasteiger partial charge is 0.379 e. The molecule has 0 spiro atoms. The van der Waals surface area contributed by atoms with Crippen LogP contribution in [-0.2, 0) is 9.47 Å². The van der Waals surface area contributed by atoms with Gasteiger partial charge in [-0.2, -0.15) is 0 Å². The Morgan fingerprint density at radius 1 is 0.931 bits per heavy atom. The summed E-state index contributed by atoms with van der Waals surface area (Å²) < 4.78 is 11.0. The molecule has 1 atom stereocenters. The lowest BCUT2D eigenvalue weighted by molar-refractivity contribution is 0.00820. The molecule has 3 rings (SSSR count). The Balaban J connectivity index is 1.43. The number of hydrogen-bond donors (Lipinski definition) is 2. The van der Waals surface area contributed by atoms with E-state index in [-0.39, 0.29) is 0 Å². The molecule has 3 aliphatic rings. The van der Waals surface area contributed by atoms with E-state index in [1.54, 1.807) is 0 Å². The summed E-state index contributed by atoms with van der Waals surface area (Å²) in [7, 11) is 1.89. The predicted molar refractivity (Wildman–Crippen MR) is 119 cm³/mol. The monoisotopic (exact) mass is 409 g/mol. The maximum atomic E-state index is 5.55. The molecular weight excluding hydrogens is 366 g/mol. The fraction of sp³-hybridized carbons (Fsp3) is 0.955. The number of guanidine groups is 1. The topological polar surface area (TPSA) is 61.4 Å². The van der Waals surface area contributed by atoms with Crippen LogP contribution in [0.5, 0.6) is 0 Å². The van der Waals surface area contributed by atoms with E-state index in [0.29, 0.717) is 11.3 Å². The average molecular weight is 410 g/mol. The van der Waals surface area contributed by atoms with Gasteiger partial charge in [-0.05, 0) is 18.8 Å². The van der Waals surface area contributed by atoms with E-state index < -0.39 is 0 Å². The van der Waals surface area contributed by atoms with E-state index in [1.807, 2.05) is 7.05 Å². The minimum Gasteiger partial charge on any atom is -0.379 e. The normalized spacial score (nSPS) is 25.5. The molecule has 0 aromatic carbocycles. The Bertz CT molecular complexity index is 484. The minimum atomic E-state index is 0.368. The third kappa shape index (κ3) is 7.70. The van der Waals surface area contributed by atoms with Gasteiger partial charge in [0, 0.05) is 64.8 Å². The van der Waals surface area contributed by atoms with Gasteiger partial charge in [0.05, 0.1) is 26.4 Å². The maximum absolute atomic E-state index is 5.55. The number of nitrogens with zero attached hydrogens (tertiary/aromatic N) is 3. The fourth-order valence-corrected chi connectivity index (χ4v) is 4.98. The van der Waals surface area contributed by atoms with Gasteiger partial charge in [-0.3, -0.25) is 14.8 Å². The van der Waals surface area contributed by atoms with Crippen LogP contribution in [0.15, 0.2) is 4.99 Å². The molecule has 2 heterocycles. The highest BCUT2D eigenvalue weighted by atomic mass is 16.5. The Labute approximate surface area is 177 Å². The summed E-state index contributed by atoms with van der Waals surface area (Å²) in [6.07, 6.45) is 6.74. The number of nitrogens with one attached hydrogen (secondary N) is 2. The number of rotatable bonds is 8. The summed E-state index contributed by atoms with van der Waals surface area (Å²) in [5.41, 5.74) is 0.368. The summed E-state index contributed by atoms with van der Waals surface area (Å²) in [5.74, 6) is 1.54. The van der Waals surface area contributed by atoms with Crippen molar-refractivity contribution < 1.29 is 9.47 Å². The van der Waals surface area contributed by atoms with Crippen LogP contribution in [-0.4, -0.2) is 102 Å². The standard InChI is InChI=1S/C22H43N5O2/c1-20(17-26-8-12-28-13-9-26)16-24-21(23-2)25-18-22(6-4-3-5-7-22)19-27-10-14-29-15-11-27/h20H,3-19H2,1-2H3,(H2,23,24,25). The van der Waals surface area contributed by atoms with Crippen molar-refractivity contribution in [3.8, 4) is 0 Å². The lowest BCUT2D eigenvalue weighted by atomic mass is 9.73. The van der Waals surface area contributed by atoms with Crippen LogP contribution in [0.1, 0.15) is 39.0 Å². The summed E-state index contributed by atoms with van der Waals surface area (Å²) in [6, 6.07) is 0. The first-order valence-corrected chi connectivity index (χ1v) is 11.7. The van der Waals surface area contributed by atoms with Crippen LogP contribution < -0.4 is 10.6 Å². The van der Waals surface area contributed by atoms with Crippen molar-refractivity contribution in [2.45, 2.75) is 39.0 Å². The highest BCUT2D eigenvalue weighted by Gasteiger charge is 2.34. The quantitative estimate of drug-likeness (QED) is 0.467. The lowest BCUT2D eigenvalue weighted by Gasteiger charge is -2.42. The van der Waals surface area contributed by atoms with Gasteiger partial charge in [0.2, 0.25) is 0 Å². The smallest absolute Gasteiger partial charge is 0.191 e. The summed E-state index contributed by atoms with van der Waals surface area (Å²) in [5, 5.41) is 7.24. The number of morpholine rings is 2. The van der Waals surface area contributed by atoms with E-state index in [4.69, 9.17) is 9.47 Å². The minimum absolute atomic E-state index is 0.368. The Morgan fingerprint density at radius 3 is 2.17 bits per heavy atom. The molecule has 0 amide bonds. The molecule has 1 saturated carbocycles. The second kappa shape index (κ2) is 12.1. The van der Waals surface area contributed by atoms with Crippen molar-refractivity contribution in [1.29, 1.82) is 0 Å². The SMILES string of the molecule is CN=C(NCC(C)CN1CCOCC1)NCC1(CN2CCOCC2)CCCCC1. The molecule has 7 heteroatoms. The first kappa shape index (κ1) is 22.8. The van der Waals surface area contributed by atoms with Crippen LogP contribution >= 0.6 is 0 Å². The highest BCUT2D eigenvalue weighted by Crippen LogP contribution is 2.36. The van der Waals surface area contributed by atoms with Crippen LogP contribution in [0.2, 0.25) is 0 Å². The van der Waals surface area contributed by atoms with Gasteiger partial charge in [-0.15, -0.1) is 0 Å². The van der Waals surface area contributed by atoms with E-state index in [0.717, 1.165) is 78.2 Å². The van der Waals surface area contributed by atoms with Gasteiger partial charge in [-0.1, -0.05) is 26.2 Å². The van der Waals surface area contributed by atoms with Crippen molar-refractivity contribution >= 4 is 5.96 Å². The third-order valence-electron chi connectivity index (χ3n) is 6.72. The van der Waals surface area contributed by atoms with Gasteiger partial charge in [-0.25, -0.2) is 0 Å². The van der Waals surface area contributed by atoms with Crippen molar-refractivity contribution in [1.82, 2.24) is 20.4 Å². The molecule has 1 aliphatic carbocycles. The summed E-state index contributed by atoms with van der Waals surface area (Å²) in [4.78, 5) is 9.61. The van der Waals surface area contributed by atoms with Gasteiger partial charge < -0.3 is 20.1 Å². The van der Waals surface area contributed by atoms with E-state index in [2.05, 4.69) is 32.3 Å². The summed E-state index contributed by atoms with van der Waals surface area (Å²) >= 11 is 0. The molecule has 1 unspecified atom stereocenters. The van der Waals surface area contributed by atoms with Gasteiger partial charge in [0.1, 0.15) is 0 Å². The molecule has 168 valence electrons. The zero-order valence-electron chi connectivity index (χ0n) is 18.8. The van der Waals surface area contributed by atoms with Crippen molar-refractivity contribution in [2.75, 3.05) is 85.8 Å². The molecule has 0 bridgehead atoms.